The molecule has 0 saturated carbocycles. The van der Waals surface area contributed by atoms with Crippen molar-refractivity contribution in [2.24, 2.45) is 0 Å². The zero-order valence-corrected chi connectivity index (χ0v) is 15.2. The molecule has 5 nitrogen and oxygen atoms in total. The monoisotopic (exact) mass is 414 g/mol. The van der Waals surface area contributed by atoms with Crippen molar-refractivity contribution in [3.05, 3.63) is 65.7 Å². The van der Waals surface area contributed by atoms with Crippen LogP contribution in [0.15, 0.2) is 65.0 Å². The predicted octanol–water partition coefficient (Wildman–Crippen LogP) is 4.19. The highest BCUT2D eigenvalue weighted by molar-refractivity contribution is 7.89. The van der Waals surface area contributed by atoms with Crippen molar-refractivity contribution in [2.45, 2.75) is 17.8 Å². The number of rotatable bonds is 6. The molecule has 2 heterocycles. The molecule has 3 aromatic rings. The molecule has 3 rings (SSSR count). The fourth-order valence-corrected chi connectivity index (χ4v) is 4.24. The Balaban J connectivity index is 1.86. The summed E-state index contributed by atoms with van der Waals surface area (Å²) in [5, 5.41) is 1.86. The lowest BCUT2D eigenvalue weighted by molar-refractivity contribution is -0.275. The number of halogens is 3. The first-order chi connectivity index (χ1) is 12.8. The third-order valence-corrected chi connectivity index (χ3v) is 5.78. The summed E-state index contributed by atoms with van der Waals surface area (Å²) in [5.41, 5.74) is 1.20. The average molecular weight is 414 g/mol. The third-order valence-electron chi connectivity index (χ3n) is 3.46. The largest absolute Gasteiger partial charge is 0.573 e. The number of alkyl halides is 3. The molecule has 0 saturated heterocycles. The Labute approximate surface area is 157 Å². The Kier molecular flexibility index (Phi) is 5.49. The normalized spacial score (nSPS) is 12.1. The van der Waals surface area contributed by atoms with E-state index < -0.39 is 27.0 Å². The molecule has 0 aliphatic carbocycles. The van der Waals surface area contributed by atoms with Crippen molar-refractivity contribution in [3.8, 4) is 16.3 Å². The second kappa shape index (κ2) is 7.67. The number of thiophene rings is 1. The lowest BCUT2D eigenvalue weighted by atomic mass is 10.2. The van der Waals surface area contributed by atoms with E-state index in [0.29, 0.717) is 11.3 Å². The topological polar surface area (TPSA) is 68.3 Å². The van der Waals surface area contributed by atoms with Crippen LogP contribution in [0.3, 0.4) is 0 Å². The van der Waals surface area contributed by atoms with Gasteiger partial charge in [0.1, 0.15) is 10.6 Å². The maximum Gasteiger partial charge on any atom is 0.573 e. The highest BCUT2D eigenvalue weighted by Crippen LogP contribution is 2.30. The Bertz CT molecular complexity index is 1020. The quantitative estimate of drug-likeness (QED) is 0.657. The minimum Gasteiger partial charge on any atom is -0.404 e. The molecule has 10 heteroatoms. The van der Waals surface area contributed by atoms with Crippen molar-refractivity contribution in [3.63, 3.8) is 0 Å². The van der Waals surface area contributed by atoms with Crippen molar-refractivity contribution >= 4 is 21.4 Å². The van der Waals surface area contributed by atoms with Crippen LogP contribution < -0.4 is 9.46 Å². The Morgan fingerprint density at radius 2 is 1.85 bits per heavy atom. The third kappa shape index (κ3) is 4.85. The molecule has 0 aliphatic rings. The summed E-state index contributed by atoms with van der Waals surface area (Å²) in [5.74, 6) is -0.790. The van der Waals surface area contributed by atoms with Crippen LogP contribution in [0, 0.1) is 0 Å². The fourth-order valence-electron chi connectivity index (χ4n) is 2.35. The number of nitrogens with zero attached hydrogens (tertiary/aromatic N) is 1. The zero-order chi connectivity index (χ0) is 19.5. The molecule has 0 bridgehead atoms. The van der Waals surface area contributed by atoms with E-state index >= 15 is 0 Å². The maximum absolute atomic E-state index is 12.5. The zero-order valence-electron chi connectivity index (χ0n) is 13.6. The fraction of sp³-hybridized carbons (Fsp3) is 0.118. The van der Waals surface area contributed by atoms with Crippen molar-refractivity contribution in [1.29, 1.82) is 0 Å². The molecule has 0 fully saturated rings. The van der Waals surface area contributed by atoms with Crippen LogP contribution >= 0.6 is 11.3 Å². The molecule has 0 atom stereocenters. The first kappa shape index (κ1) is 19.3. The molecule has 0 unspecified atom stereocenters. The molecule has 142 valence electrons. The van der Waals surface area contributed by atoms with Gasteiger partial charge >= 0.3 is 6.36 Å². The second-order valence-electron chi connectivity index (χ2n) is 5.31. The average Bonchev–Trinajstić information content (AvgIpc) is 3.14. The number of pyridine rings is 1. The molecule has 0 radical (unpaired) electrons. The van der Waals surface area contributed by atoms with Crippen LogP contribution in [-0.2, 0) is 16.6 Å². The van der Waals surface area contributed by atoms with Gasteiger partial charge in [-0.05, 0) is 35.2 Å². The van der Waals surface area contributed by atoms with Gasteiger partial charge in [0, 0.05) is 12.7 Å². The van der Waals surface area contributed by atoms with Crippen molar-refractivity contribution < 1.29 is 26.3 Å². The molecule has 0 aliphatic heterocycles. The lowest BCUT2D eigenvalue weighted by Crippen LogP contribution is -2.26. The highest BCUT2D eigenvalue weighted by atomic mass is 32.2. The Morgan fingerprint density at radius 3 is 2.56 bits per heavy atom. The lowest BCUT2D eigenvalue weighted by Gasteiger charge is -2.14. The number of hydrogen-bond acceptors (Lipinski definition) is 5. The van der Waals surface area contributed by atoms with E-state index in [1.807, 2.05) is 17.5 Å². The predicted molar refractivity (Wildman–Crippen MR) is 94.7 cm³/mol. The summed E-state index contributed by atoms with van der Waals surface area (Å²) < 4.78 is 68.8. The first-order valence-electron chi connectivity index (χ1n) is 7.58. The minimum atomic E-state index is -5.00. The summed E-state index contributed by atoms with van der Waals surface area (Å²) in [6.45, 7) is -0.135. The summed E-state index contributed by atoms with van der Waals surface area (Å²) >= 11 is 1.44. The van der Waals surface area contributed by atoms with E-state index in [1.165, 1.54) is 23.5 Å². The molecule has 0 amide bonds. The summed E-state index contributed by atoms with van der Waals surface area (Å²) in [4.78, 5) is 4.52. The van der Waals surface area contributed by atoms with Crippen LogP contribution in [0.2, 0.25) is 0 Å². The standard InChI is InChI=1S/C17H13F3N2O3S2/c18-17(19,20)25-13-6-1-2-8-15(13)27(23,24)22-11-12-5-3-9-21-16(12)14-7-4-10-26-14/h1-10,22H,11H2. The number of sulfonamides is 1. The molecular weight excluding hydrogens is 401 g/mol. The van der Waals surface area contributed by atoms with Gasteiger partial charge in [0.2, 0.25) is 10.0 Å². The molecule has 27 heavy (non-hydrogen) atoms. The van der Waals surface area contributed by atoms with Gasteiger partial charge in [-0.1, -0.05) is 24.3 Å². The maximum atomic E-state index is 12.5. The van der Waals surface area contributed by atoms with E-state index in [0.717, 1.165) is 17.0 Å². The van der Waals surface area contributed by atoms with Crippen LogP contribution in [0.5, 0.6) is 5.75 Å². The molecule has 1 aromatic carbocycles. The number of ether oxygens (including phenoxy) is 1. The number of nitrogens with one attached hydrogen (secondary N) is 1. The van der Waals surface area contributed by atoms with Crippen molar-refractivity contribution in [1.82, 2.24) is 9.71 Å². The highest BCUT2D eigenvalue weighted by Gasteiger charge is 2.34. The van der Waals surface area contributed by atoms with E-state index in [9.17, 15) is 21.6 Å². The molecule has 2 aromatic heterocycles. The summed E-state index contributed by atoms with van der Waals surface area (Å²) in [7, 11) is -4.25. The van der Waals surface area contributed by atoms with E-state index in [4.69, 9.17) is 0 Å². The minimum absolute atomic E-state index is 0.135. The van der Waals surface area contributed by atoms with Gasteiger partial charge < -0.3 is 4.74 Å². The van der Waals surface area contributed by atoms with E-state index in [1.54, 1.807) is 18.3 Å². The van der Waals surface area contributed by atoms with Crippen LogP contribution in [0.1, 0.15) is 5.56 Å². The Morgan fingerprint density at radius 1 is 1.07 bits per heavy atom. The van der Waals surface area contributed by atoms with E-state index in [-0.39, 0.29) is 6.54 Å². The van der Waals surface area contributed by atoms with Gasteiger partial charge in [-0.15, -0.1) is 24.5 Å². The summed E-state index contributed by atoms with van der Waals surface area (Å²) in [6, 6.07) is 11.6. The van der Waals surface area contributed by atoms with Gasteiger partial charge in [-0.25, -0.2) is 13.1 Å². The molecular formula is C17H13F3N2O3S2. The number of hydrogen-bond donors (Lipinski definition) is 1. The van der Waals surface area contributed by atoms with E-state index in [2.05, 4.69) is 14.4 Å². The number of aromatic nitrogens is 1. The molecule has 1 N–H and O–H groups in total. The number of para-hydroxylation sites is 1. The first-order valence-corrected chi connectivity index (χ1v) is 9.95. The summed E-state index contributed by atoms with van der Waals surface area (Å²) in [6.07, 6.45) is -3.42. The number of benzene rings is 1. The van der Waals surface area contributed by atoms with Crippen LogP contribution in [-0.4, -0.2) is 19.8 Å². The van der Waals surface area contributed by atoms with Gasteiger partial charge in [-0.2, -0.15) is 0 Å². The molecule has 0 spiro atoms. The van der Waals surface area contributed by atoms with Gasteiger partial charge in [0.15, 0.2) is 0 Å². The van der Waals surface area contributed by atoms with Crippen molar-refractivity contribution in [2.75, 3.05) is 0 Å². The van der Waals surface area contributed by atoms with Gasteiger partial charge in [0.25, 0.3) is 0 Å². The van der Waals surface area contributed by atoms with Crippen LogP contribution in [0.4, 0.5) is 13.2 Å². The SMILES string of the molecule is O=S(=O)(NCc1cccnc1-c1cccs1)c1ccccc1OC(F)(F)F. The van der Waals surface area contributed by atoms with Gasteiger partial charge in [-0.3, -0.25) is 4.98 Å². The van der Waals surface area contributed by atoms with Gasteiger partial charge in [0.05, 0.1) is 10.6 Å². The second-order valence-corrected chi connectivity index (χ2v) is 7.99. The smallest absolute Gasteiger partial charge is 0.404 e. The van der Waals surface area contributed by atoms with Crippen LogP contribution in [0.25, 0.3) is 10.6 Å². The Hall–Kier alpha value is -2.43.